The van der Waals surface area contributed by atoms with Gasteiger partial charge in [-0.15, -0.1) is 5.10 Å². The zero-order valence-electron chi connectivity index (χ0n) is 13.7. The van der Waals surface area contributed by atoms with Crippen molar-refractivity contribution in [3.05, 3.63) is 24.3 Å². The first-order chi connectivity index (χ1) is 11.8. The molecule has 2 fully saturated rings. The van der Waals surface area contributed by atoms with Crippen LogP contribution in [0.25, 0.3) is 11.0 Å². The van der Waals surface area contributed by atoms with Gasteiger partial charge in [0, 0.05) is 38.0 Å². The van der Waals surface area contributed by atoms with E-state index in [4.69, 9.17) is 9.47 Å². The number of nitrogens with one attached hydrogen (secondary N) is 1. The molecule has 0 bridgehead atoms. The van der Waals surface area contributed by atoms with Gasteiger partial charge >= 0.3 is 0 Å². The van der Waals surface area contributed by atoms with Crippen molar-refractivity contribution in [2.24, 2.45) is 11.8 Å². The number of fused-ring (bicyclic) bond motifs is 2. The number of benzene rings is 1. The minimum absolute atomic E-state index is 0.0473. The first-order valence-corrected chi connectivity index (χ1v) is 8.46. The Kier molecular flexibility index (Phi) is 4.20. The lowest BCUT2D eigenvalue weighted by atomic mass is 9.67. The van der Waals surface area contributed by atoms with Crippen LogP contribution >= 0.6 is 0 Å². The van der Waals surface area contributed by atoms with E-state index in [1.54, 1.807) is 11.8 Å². The van der Waals surface area contributed by atoms with Crippen LogP contribution in [0.5, 0.6) is 0 Å². The van der Waals surface area contributed by atoms with Gasteiger partial charge in [-0.25, -0.2) is 4.68 Å². The SMILES string of the molecule is COC[C@@H]1[C@@H](NC(=O)CCn2nnc3ccccc32)[C@@H]2CCO[C@H]12. The summed E-state index contributed by atoms with van der Waals surface area (Å²) in [5.41, 5.74) is 1.80. The Hall–Kier alpha value is -1.99. The molecule has 1 aromatic carbocycles. The van der Waals surface area contributed by atoms with Crippen LogP contribution in [0.15, 0.2) is 24.3 Å². The molecule has 7 nitrogen and oxygen atoms in total. The molecule has 0 unspecified atom stereocenters. The maximum Gasteiger partial charge on any atom is 0.222 e. The highest BCUT2D eigenvalue weighted by atomic mass is 16.5. The number of para-hydroxylation sites is 1. The fraction of sp³-hybridized carbons (Fsp3) is 0.588. The Morgan fingerprint density at radius 2 is 2.33 bits per heavy atom. The average molecular weight is 330 g/mol. The van der Waals surface area contributed by atoms with Crippen molar-refractivity contribution in [3.63, 3.8) is 0 Å². The third kappa shape index (κ3) is 2.67. The fourth-order valence-electron chi connectivity index (χ4n) is 3.98. The molecule has 2 heterocycles. The van der Waals surface area contributed by atoms with Gasteiger partial charge in [-0.2, -0.15) is 0 Å². The van der Waals surface area contributed by atoms with Gasteiger partial charge in [-0.3, -0.25) is 4.79 Å². The standard InChI is InChI=1S/C17H22N4O3/c1-23-10-12-16(11-7-9-24-17(11)12)18-15(22)6-8-21-14-5-3-2-4-13(14)19-20-21/h2-5,11-12,16-17H,6-10H2,1H3,(H,18,22)/t11-,12+,16-,17-/m0/s1. The van der Waals surface area contributed by atoms with E-state index in [-0.39, 0.29) is 24.0 Å². The molecule has 24 heavy (non-hydrogen) atoms. The number of hydrogen-bond donors (Lipinski definition) is 1. The predicted molar refractivity (Wildman–Crippen MR) is 87.3 cm³/mol. The van der Waals surface area contributed by atoms with Crippen LogP contribution in [0.1, 0.15) is 12.8 Å². The number of hydrogen-bond acceptors (Lipinski definition) is 5. The van der Waals surface area contributed by atoms with Crippen molar-refractivity contribution >= 4 is 16.9 Å². The van der Waals surface area contributed by atoms with Gasteiger partial charge in [0.05, 0.1) is 24.8 Å². The van der Waals surface area contributed by atoms with Gasteiger partial charge in [-0.05, 0) is 18.6 Å². The molecule has 2 aliphatic rings. The second-order valence-corrected chi connectivity index (χ2v) is 6.55. The Balaban J connectivity index is 1.35. The highest BCUT2D eigenvalue weighted by Gasteiger charge is 2.54. The van der Waals surface area contributed by atoms with Crippen LogP contribution in [-0.2, 0) is 20.8 Å². The zero-order chi connectivity index (χ0) is 16.5. The molecule has 1 amide bonds. The number of nitrogens with zero attached hydrogens (tertiary/aromatic N) is 3. The smallest absolute Gasteiger partial charge is 0.222 e. The average Bonchev–Trinajstić information content (AvgIpc) is 3.20. The number of amides is 1. The van der Waals surface area contributed by atoms with Gasteiger partial charge in [0.1, 0.15) is 5.52 Å². The molecule has 4 atom stereocenters. The molecule has 4 rings (SSSR count). The summed E-state index contributed by atoms with van der Waals surface area (Å²) in [6.07, 6.45) is 1.65. The summed E-state index contributed by atoms with van der Waals surface area (Å²) in [4.78, 5) is 12.4. The van der Waals surface area contributed by atoms with Crippen molar-refractivity contribution < 1.29 is 14.3 Å². The van der Waals surface area contributed by atoms with Crippen LogP contribution < -0.4 is 5.32 Å². The monoisotopic (exact) mass is 330 g/mol. The summed E-state index contributed by atoms with van der Waals surface area (Å²) >= 11 is 0. The van der Waals surface area contributed by atoms with E-state index in [1.165, 1.54) is 0 Å². The highest BCUT2D eigenvalue weighted by Crippen LogP contribution is 2.43. The maximum absolute atomic E-state index is 12.4. The lowest BCUT2D eigenvalue weighted by molar-refractivity contribution is -0.130. The molecular formula is C17H22N4O3. The van der Waals surface area contributed by atoms with Crippen LogP contribution in [0, 0.1) is 11.8 Å². The first kappa shape index (κ1) is 15.5. The Morgan fingerprint density at radius 3 is 3.21 bits per heavy atom. The maximum atomic E-state index is 12.4. The predicted octanol–water partition coefficient (Wildman–Crippen LogP) is 0.987. The summed E-state index contributed by atoms with van der Waals surface area (Å²) in [6, 6.07) is 7.93. The van der Waals surface area contributed by atoms with E-state index in [2.05, 4.69) is 15.6 Å². The molecular weight excluding hydrogens is 308 g/mol. The molecule has 0 spiro atoms. The van der Waals surface area contributed by atoms with E-state index in [1.807, 2.05) is 24.3 Å². The summed E-state index contributed by atoms with van der Waals surface area (Å²) in [7, 11) is 1.69. The number of carbonyl (C=O) groups is 1. The van der Waals surface area contributed by atoms with Crippen molar-refractivity contribution in [2.45, 2.75) is 31.5 Å². The molecule has 128 valence electrons. The Morgan fingerprint density at radius 1 is 1.46 bits per heavy atom. The van der Waals surface area contributed by atoms with Crippen LogP contribution in [0.4, 0.5) is 0 Å². The Labute approximate surface area is 140 Å². The second-order valence-electron chi connectivity index (χ2n) is 6.55. The number of methoxy groups -OCH3 is 1. The molecule has 1 saturated carbocycles. The minimum Gasteiger partial charge on any atom is -0.384 e. The van der Waals surface area contributed by atoms with E-state index in [9.17, 15) is 4.79 Å². The molecule has 0 radical (unpaired) electrons. The van der Waals surface area contributed by atoms with Gasteiger partial charge in [0.2, 0.25) is 5.91 Å². The summed E-state index contributed by atoms with van der Waals surface area (Å²) in [5, 5.41) is 11.4. The van der Waals surface area contributed by atoms with E-state index < -0.39 is 0 Å². The van der Waals surface area contributed by atoms with Gasteiger partial charge < -0.3 is 14.8 Å². The van der Waals surface area contributed by atoms with Crippen molar-refractivity contribution in [1.29, 1.82) is 0 Å². The summed E-state index contributed by atoms with van der Waals surface area (Å²) in [5.74, 6) is 0.742. The minimum atomic E-state index is 0.0473. The number of aryl methyl sites for hydroxylation is 1. The lowest BCUT2D eigenvalue weighted by Gasteiger charge is -2.47. The quantitative estimate of drug-likeness (QED) is 0.854. The zero-order valence-corrected chi connectivity index (χ0v) is 13.7. The van der Waals surface area contributed by atoms with Crippen molar-refractivity contribution in [3.8, 4) is 0 Å². The number of ether oxygens (including phenoxy) is 2. The van der Waals surface area contributed by atoms with Gasteiger partial charge in [-0.1, -0.05) is 17.3 Å². The largest absolute Gasteiger partial charge is 0.384 e. The Bertz CT molecular complexity index is 731. The number of rotatable bonds is 6. The van der Waals surface area contributed by atoms with Crippen molar-refractivity contribution in [1.82, 2.24) is 20.3 Å². The normalized spacial score (nSPS) is 28.5. The second kappa shape index (κ2) is 6.49. The summed E-state index contributed by atoms with van der Waals surface area (Å²) < 4.78 is 12.8. The summed E-state index contributed by atoms with van der Waals surface area (Å²) in [6.45, 7) is 1.94. The molecule has 1 saturated heterocycles. The van der Waals surface area contributed by atoms with Crippen LogP contribution in [0.2, 0.25) is 0 Å². The van der Waals surface area contributed by atoms with E-state index in [0.29, 0.717) is 25.5 Å². The van der Waals surface area contributed by atoms with Gasteiger partial charge in [0.25, 0.3) is 0 Å². The highest BCUT2D eigenvalue weighted by molar-refractivity contribution is 5.77. The van der Waals surface area contributed by atoms with Gasteiger partial charge in [0.15, 0.2) is 0 Å². The molecule has 1 aliphatic carbocycles. The third-order valence-corrected chi connectivity index (χ3v) is 5.19. The third-order valence-electron chi connectivity index (χ3n) is 5.19. The molecule has 1 aromatic heterocycles. The van der Waals surface area contributed by atoms with Crippen LogP contribution in [0.3, 0.4) is 0 Å². The topological polar surface area (TPSA) is 78.3 Å². The molecule has 7 heteroatoms. The van der Waals surface area contributed by atoms with E-state index in [0.717, 1.165) is 24.1 Å². The lowest BCUT2D eigenvalue weighted by Crippen LogP contribution is -2.62. The van der Waals surface area contributed by atoms with E-state index >= 15 is 0 Å². The first-order valence-electron chi connectivity index (χ1n) is 8.46. The number of aromatic nitrogens is 3. The molecule has 1 N–H and O–H groups in total. The van der Waals surface area contributed by atoms with Crippen molar-refractivity contribution in [2.75, 3.05) is 20.3 Å². The molecule has 2 aromatic rings. The number of carbonyl (C=O) groups excluding carboxylic acids is 1. The van der Waals surface area contributed by atoms with Crippen LogP contribution in [-0.4, -0.2) is 53.4 Å². The molecule has 1 aliphatic heterocycles. The fourth-order valence-corrected chi connectivity index (χ4v) is 3.98.